The predicted octanol–water partition coefficient (Wildman–Crippen LogP) is 2.07. The SMILES string of the molecule is CS(=O)(=O)Cc1nc(-c2ccc(NC(=O)NNc3ccccc3)cc2)nc(N2CCOCC2)n1. The van der Waals surface area contributed by atoms with Gasteiger partial charge in [-0.15, -0.1) is 0 Å². The highest BCUT2D eigenvalue weighted by Crippen LogP contribution is 2.21. The summed E-state index contributed by atoms with van der Waals surface area (Å²) in [4.78, 5) is 27.4. The molecular weight excluding hydrogens is 458 g/mol. The van der Waals surface area contributed by atoms with Gasteiger partial charge in [0, 0.05) is 30.6 Å². The molecule has 3 N–H and O–H groups in total. The van der Waals surface area contributed by atoms with E-state index in [2.05, 4.69) is 31.1 Å². The molecule has 1 saturated heterocycles. The van der Waals surface area contributed by atoms with Gasteiger partial charge in [0.2, 0.25) is 5.95 Å². The van der Waals surface area contributed by atoms with Crippen LogP contribution in [0.1, 0.15) is 5.82 Å². The number of carbonyl (C=O) groups excluding carboxylic acids is 1. The number of amides is 2. The molecule has 0 unspecified atom stereocenters. The first-order valence-corrected chi connectivity index (χ1v) is 12.7. The summed E-state index contributed by atoms with van der Waals surface area (Å²) in [6.45, 7) is 2.31. The number of sulfone groups is 1. The number of carbonyl (C=O) groups is 1. The van der Waals surface area contributed by atoms with Crippen LogP contribution in [-0.2, 0) is 20.3 Å². The van der Waals surface area contributed by atoms with Crippen molar-refractivity contribution in [2.24, 2.45) is 0 Å². The van der Waals surface area contributed by atoms with E-state index in [4.69, 9.17) is 4.74 Å². The highest BCUT2D eigenvalue weighted by atomic mass is 32.2. The molecule has 11 nitrogen and oxygen atoms in total. The van der Waals surface area contributed by atoms with Crippen molar-refractivity contribution in [3.8, 4) is 11.4 Å². The van der Waals surface area contributed by atoms with E-state index in [1.165, 1.54) is 0 Å². The Morgan fingerprint density at radius 3 is 2.35 bits per heavy atom. The van der Waals surface area contributed by atoms with Gasteiger partial charge in [0.15, 0.2) is 15.7 Å². The van der Waals surface area contributed by atoms with Crippen molar-refractivity contribution in [1.29, 1.82) is 0 Å². The van der Waals surface area contributed by atoms with Crippen LogP contribution < -0.4 is 21.1 Å². The molecule has 2 aromatic carbocycles. The topological polar surface area (TPSA) is 138 Å². The summed E-state index contributed by atoms with van der Waals surface area (Å²) in [6, 6.07) is 15.7. The van der Waals surface area contributed by atoms with Crippen molar-refractivity contribution in [2.45, 2.75) is 5.75 Å². The van der Waals surface area contributed by atoms with Crippen molar-refractivity contribution in [3.63, 3.8) is 0 Å². The predicted molar refractivity (Wildman–Crippen MR) is 129 cm³/mol. The number of hydrazine groups is 1. The van der Waals surface area contributed by atoms with Crippen LogP contribution in [0, 0.1) is 0 Å². The number of nitrogens with zero attached hydrogens (tertiary/aromatic N) is 4. The lowest BCUT2D eigenvalue weighted by atomic mass is 10.2. The number of aromatic nitrogens is 3. The van der Waals surface area contributed by atoms with Gasteiger partial charge < -0.3 is 15.0 Å². The highest BCUT2D eigenvalue weighted by Gasteiger charge is 2.19. The summed E-state index contributed by atoms with van der Waals surface area (Å²) >= 11 is 0. The minimum atomic E-state index is -3.33. The standard InChI is InChI=1S/C22H25N7O4S/c1-34(31,32)15-19-24-20(26-21(25-19)29-11-13-33-14-12-29)16-7-9-17(10-8-16)23-22(30)28-27-18-5-3-2-4-6-18/h2-10,27H,11-15H2,1H3,(H2,23,28,30). The van der Waals surface area contributed by atoms with Crippen molar-refractivity contribution < 1.29 is 17.9 Å². The summed E-state index contributed by atoms with van der Waals surface area (Å²) in [6.07, 6.45) is 1.14. The lowest BCUT2D eigenvalue weighted by molar-refractivity contribution is 0.122. The third-order valence-electron chi connectivity index (χ3n) is 4.85. The van der Waals surface area contributed by atoms with Crippen LogP contribution in [0.2, 0.25) is 0 Å². The number of rotatable bonds is 7. The molecular formula is C22H25N7O4S. The van der Waals surface area contributed by atoms with Gasteiger partial charge in [-0.05, 0) is 36.4 Å². The largest absolute Gasteiger partial charge is 0.378 e. The van der Waals surface area contributed by atoms with Gasteiger partial charge in [0.25, 0.3) is 0 Å². The molecule has 2 heterocycles. The highest BCUT2D eigenvalue weighted by molar-refractivity contribution is 7.89. The molecule has 12 heteroatoms. The number of anilines is 3. The summed E-state index contributed by atoms with van der Waals surface area (Å²) in [5.74, 6) is 0.675. The average Bonchev–Trinajstić information content (AvgIpc) is 2.83. The number of urea groups is 1. The zero-order chi connectivity index (χ0) is 24.0. The maximum atomic E-state index is 12.1. The lowest BCUT2D eigenvalue weighted by Crippen LogP contribution is -2.37. The minimum Gasteiger partial charge on any atom is -0.378 e. The molecule has 0 atom stereocenters. The zero-order valence-corrected chi connectivity index (χ0v) is 19.4. The van der Waals surface area contributed by atoms with E-state index in [9.17, 15) is 13.2 Å². The maximum absolute atomic E-state index is 12.1. The Morgan fingerprint density at radius 2 is 1.68 bits per heavy atom. The van der Waals surface area contributed by atoms with Gasteiger partial charge in [0.1, 0.15) is 11.6 Å². The van der Waals surface area contributed by atoms with E-state index in [0.29, 0.717) is 49.3 Å². The van der Waals surface area contributed by atoms with E-state index in [0.717, 1.165) is 11.9 Å². The van der Waals surface area contributed by atoms with Crippen molar-refractivity contribution in [3.05, 3.63) is 60.4 Å². The van der Waals surface area contributed by atoms with Gasteiger partial charge in [-0.3, -0.25) is 10.9 Å². The van der Waals surface area contributed by atoms with Gasteiger partial charge in [-0.1, -0.05) is 18.2 Å². The van der Waals surface area contributed by atoms with Gasteiger partial charge >= 0.3 is 6.03 Å². The number of benzene rings is 2. The van der Waals surface area contributed by atoms with Crippen LogP contribution in [0.15, 0.2) is 54.6 Å². The third kappa shape index (κ3) is 6.62. The fourth-order valence-corrected chi connectivity index (χ4v) is 3.85. The number of hydrogen-bond donors (Lipinski definition) is 3. The average molecular weight is 484 g/mol. The Bertz CT molecular complexity index is 1230. The molecule has 1 aliphatic rings. The van der Waals surface area contributed by atoms with Gasteiger partial charge in [-0.25, -0.2) is 18.2 Å². The van der Waals surface area contributed by atoms with Crippen LogP contribution in [-0.4, -0.2) is 62.0 Å². The van der Waals surface area contributed by atoms with Crippen molar-refractivity contribution in [1.82, 2.24) is 20.4 Å². The monoisotopic (exact) mass is 483 g/mol. The first-order chi connectivity index (χ1) is 16.4. The Labute approximate surface area is 197 Å². The molecule has 4 rings (SSSR count). The fourth-order valence-electron chi connectivity index (χ4n) is 3.26. The fraction of sp³-hybridized carbons (Fsp3) is 0.273. The summed E-state index contributed by atoms with van der Waals surface area (Å²) in [5.41, 5.74) is 7.36. The Hall–Kier alpha value is -3.77. The van der Waals surface area contributed by atoms with E-state index in [-0.39, 0.29) is 11.6 Å². The van der Waals surface area contributed by atoms with E-state index in [1.54, 1.807) is 24.3 Å². The molecule has 1 aliphatic heterocycles. The molecule has 3 aromatic rings. The molecule has 0 saturated carbocycles. The summed E-state index contributed by atoms with van der Waals surface area (Å²) < 4.78 is 29.1. The molecule has 34 heavy (non-hydrogen) atoms. The number of nitrogens with one attached hydrogen (secondary N) is 3. The zero-order valence-electron chi connectivity index (χ0n) is 18.6. The van der Waals surface area contributed by atoms with Crippen molar-refractivity contribution >= 4 is 33.2 Å². The third-order valence-corrected chi connectivity index (χ3v) is 5.63. The second kappa shape index (κ2) is 10.4. The normalized spacial score (nSPS) is 13.9. The summed E-state index contributed by atoms with van der Waals surface area (Å²) in [7, 11) is -3.33. The smallest absolute Gasteiger partial charge is 0.337 e. The Morgan fingerprint density at radius 1 is 0.971 bits per heavy atom. The van der Waals surface area contributed by atoms with Crippen molar-refractivity contribution in [2.75, 3.05) is 48.2 Å². The molecule has 0 bridgehead atoms. The van der Waals surface area contributed by atoms with Gasteiger partial charge in [-0.2, -0.15) is 9.97 Å². The maximum Gasteiger partial charge on any atom is 0.337 e. The second-order valence-electron chi connectivity index (χ2n) is 7.69. The van der Waals surface area contributed by atoms with Crippen LogP contribution in [0.3, 0.4) is 0 Å². The van der Waals surface area contributed by atoms with Crippen LogP contribution in [0.25, 0.3) is 11.4 Å². The molecule has 1 aromatic heterocycles. The molecule has 2 amide bonds. The van der Waals surface area contributed by atoms with Crippen LogP contribution >= 0.6 is 0 Å². The van der Waals surface area contributed by atoms with E-state index in [1.807, 2.05) is 35.2 Å². The summed E-state index contributed by atoms with van der Waals surface area (Å²) in [5, 5.41) is 2.73. The van der Waals surface area contributed by atoms with Crippen LogP contribution in [0.5, 0.6) is 0 Å². The number of ether oxygens (including phenoxy) is 1. The van der Waals surface area contributed by atoms with Gasteiger partial charge in [0.05, 0.1) is 18.9 Å². The van der Waals surface area contributed by atoms with E-state index < -0.39 is 15.9 Å². The molecule has 178 valence electrons. The second-order valence-corrected chi connectivity index (χ2v) is 9.83. The number of hydrogen-bond acceptors (Lipinski definition) is 9. The molecule has 0 spiro atoms. The molecule has 0 aliphatic carbocycles. The first kappa shape index (κ1) is 23.4. The Kier molecular flexibility index (Phi) is 7.18. The lowest BCUT2D eigenvalue weighted by Gasteiger charge is -2.27. The molecule has 0 radical (unpaired) electrons. The van der Waals surface area contributed by atoms with Crippen LogP contribution in [0.4, 0.5) is 22.1 Å². The molecule has 1 fully saturated rings. The number of morpholine rings is 1. The minimum absolute atomic E-state index is 0.183. The quantitative estimate of drug-likeness (QED) is 0.431. The Balaban J connectivity index is 1.49. The number of para-hydroxylation sites is 1. The first-order valence-electron chi connectivity index (χ1n) is 10.6. The van der Waals surface area contributed by atoms with E-state index >= 15 is 0 Å².